The molecule has 0 spiro atoms. The molecule has 0 heterocycles. The van der Waals surface area contributed by atoms with Crippen LogP contribution in [-0.2, 0) is 0 Å². The highest BCUT2D eigenvalue weighted by Gasteiger charge is 2.03. The van der Waals surface area contributed by atoms with E-state index in [0.29, 0.717) is 11.4 Å². The van der Waals surface area contributed by atoms with Gasteiger partial charge in [-0.15, -0.1) is 4.91 Å². The highest BCUT2D eigenvalue weighted by molar-refractivity contribution is 5.60. The van der Waals surface area contributed by atoms with Gasteiger partial charge in [-0.1, -0.05) is 0 Å². The predicted molar refractivity (Wildman–Crippen MR) is 52.6 cm³/mol. The SMILES string of the molecule is CCNc1ccc(N=O)c(OC)c1. The molecular formula is C9H12N2O2. The standard InChI is InChI=1S/C9H12N2O2/c1-3-10-7-4-5-8(11-12)9(6-7)13-2/h4-6,10H,3H2,1-2H3. The zero-order chi connectivity index (χ0) is 9.68. The van der Waals surface area contributed by atoms with Crippen molar-refractivity contribution in [3.8, 4) is 5.75 Å². The molecule has 0 aromatic heterocycles. The summed E-state index contributed by atoms with van der Waals surface area (Å²) in [5, 5.41) is 5.95. The third-order valence-electron chi connectivity index (χ3n) is 1.66. The lowest BCUT2D eigenvalue weighted by Crippen LogP contribution is -1.96. The average Bonchev–Trinajstić information content (AvgIpc) is 2.18. The highest BCUT2D eigenvalue weighted by Crippen LogP contribution is 2.29. The quantitative estimate of drug-likeness (QED) is 0.724. The van der Waals surface area contributed by atoms with Gasteiger partial charge in [-0.25, -0.2) is 0 Å². The smallest absolute Gasteiger partial charge is 0.150 e. The van der Waals surface area contributed by atoms with Gasteiger partial charge in [0, 0.05) is 18.3 Å². The highest BCUT2D eigenvalue weighted by atomic mass is 16.5. The fourth-order valence-corrected chi connectivity index (χ4v) is 1.07. The number of hydrogen-bond donors (Lipinski definition) is 1. The Morgan fingerprint density at radius 1 is 1.54 bits per heavy atom. The van der Waals surface area contributed by atoms with Crippen LogP contribution in [-0.4, -0.2) is 13.7 Å². The van der Waals surface area contributed by atoms with Crippen LogP contribution in [0.15, 0.2) is 23.4 Å². The van der Waals surface area contributed by atoms with Gasteiger partial charge in [0.05, 0.1) is 7.11 Å². The number of nitrogens with one attached hydrogen (secondary N) is 1. The molecule has 0 radical (unpaired) electrons. The molecule has 1 aromatic carbocycles. The molecule has 13 heavy (non-hydrogen) atoms. The molecule has 0 aliphatic carbocycles. The topological polar surface area (TPSA) is 50.7 Å². The van der Waals surface area contributed by atoms with Crippen LogP contribution in [0.4, 0.5) is 11.4 Å². The molecule has 0 unspecified atom stereocenters. The minimum absolute atomic E-state index is 0.323. The molecule has 1 N–H and O–H groups in total. The lowest BCUT2D eigenvalue weighted by atomic mass is 10.2. The number of rotatable bonds is 4. The van der Waals surface area contributed by atoms with Gasteiger partial charge in [0.2, 0.25) is 0 Å². The Kier molecular flexibility index (Phi) is 3.25. The van der Waals surface area contributed by atoms with E-state index in [1.807, 2.05) is 6.92 Å². The summed E-state index contributed by atoms with van der Waals surface area (Å²) in [6.45, 7) is 2.83. The molecule has 0 bridgehead atoms. The largest absolute Gasteiger partial charge is 0.494 e. The van der Waals surface area contributed by atoms with E-state index in [-0.39, 0.29) is 0 Å². The molecule has 4 heteroatoms. The summed E-state index contributed by atoms with van der Waals surface area (Å²) in [5.41, 5.74) is 1.25. The molecule has 0 atom stereocenters. The molecule has 0 fully saturated rings. The Morgan fingerprint density at radius 2 is 2.31 bits per heavy atom. The Hall–Kier alpha value is -1.58. The lowest BCUT2D eigenvalue weighted by Gasteiger charge is -2.06. The van der Waals surface area contributed by atoms with E-state index >= 15 is 0 Å². The van der Waals surface area contributed by atoms with Gasteiger partial charge >= 0.3 is 0 Å². The minimum atomic E-state index is 0.323. The third kappa shape index (κ3) is 2.18. The van der Waals surface area contributed by atoms with Crippen molar-refractivity contribution in [2.75, 3.05) is 19.0 Å². The van der Waals surface area contributed by atoms with E-state index < -0.39 is 0 Å². The molecule has 0 aliphatic rings. The predicted octanol–water partition coefficient (Wildman–Crippen LogP) is 2.52. The molecule has 70 valence electrons. The zero-order valence-corrected chi connectivity index (χ0v) is 7.70. The van der Waals surface area contributed by atoms with Gasteiger partial charge < -0.3 is 10.1 Å². The van der Waals surface area contributed by atoms with Crippen LogP contribution in [0.25, 0.3) is 0 Å². The third-order valence-corrected chi connectivity index (χ3v) is 1.66. The van der Waals surface area contributed by atoms with Crippen LogP contribution in [0.2, 0.25) is 0 Å². The molecule has 0 aliphatic heterocycles. The van der Waals surface area contributed by atoms with Gasteiger partial charge in [-0.3, -0.25) is 0 Å². The van der Waals surface area contributed by atoms with Crippen LogP contribution in [0.5, 0.6) is 5.75 Å². The fraction of sp³-hybridized carbons (Fsp3) is 0.333. The van der Waals surface area contributed by atoms with Crippen molar-refractivity contribution in [1.29, 1.82) is 0 Å². The zero-order valence-electron chi connectivity index (χ0n) is 7.70. The summed E-state index contributed by atoms with van der Waals surface area (Å²) < 4.78 is 4.99. The Labute approximate surface area is 76.9 Å². The molecule has 0 amide bonds. The average molecular weight is 180 g/mol. The lowest BCUT2D eigenvalue weighted by molar-refractivity contribution is 0.416. The van der Waals surface area contributed by atoms with Crippen molar-refractivity contribution in [2.45, 2.75) is 6.92 Å². The van der Waals surface area contributed by atoms with Gasteiger partial charge in [0.25, 0.3) is 0 Å². The number of methoxy groups -OCH3 is 1. The van der Waals surface area contributed by atoms with Crippen LogP contribution in [0.3, 0.4) is 0 Å². The van der Waals surface area contributed by atoms with Crippen LogP contribution in [0, 0.1) is 4.91 Å². The summed E-state index contributed by atoms with van der Waals surface area (Å²) in [4.78, 5) is 10.3. The van der Waals surface area contributed by atoms with Gasteiger partial charge in [-0.2, -0.15) is 0 Å². The number of benzene rings is 1. The van der Waals surface area contributed by atoms with Crippen LogP contribution < -0.4 is 10.1 Å². The second kappa shape index (κ2) is 4.45. The number of nitroso groups, excluding NO2 is 1. The first-order valence-electron chi connectivity index (χ1n) is 4.07. The van der Waals surface area contributed by atoms with Gasteiger partial charge in [0.15, 0.2) is 0 Å². The summed E-state index contributed by atoms with van der Waals surface area (Å²) >= 11 is 0. The van der Waals surface area contributed by atoms with Crippen LogP contribution >= 0.6 is 0 Å². The van der Waals surface area contributed by atoms with E-state index in [2.05, 4.69) is 10.5 Å². The Bertz CT molecular complexity index is 300. The maximum Gasteiger partial charge on any atom is 0.150 e. The summed E-state index contributed by atoms with van der Waals surface area (Å²) in [6, 6.07) is 5.17. The second-order valence-corrected chi connectivity index (χ2v) is 2.51. The van der Waals surface area contributed by atoms with E-state index in [4.69, 9.17) is 4.74 Å². The van der Waals surface area contributed by atoms with Crippen molar-refractivity contribution in [3.63, 3.8) is 0 Å². The summed E-state index contributed by atoms with van der Waals surface area (Å²) in [5.74, 6) is 0.494. The molecule has 0 saturated heterocycles. The fourth-order valence-electron chi connectivity index (χ4n) is 1.07. The summed E-state index contributed by atoms with van der Waals surface area (Å²) in [7, 11) is 1.51. The van der Waals surface area contributed by atoms with Gasteiger partial charge in [-0.05, 0) is 24.2 Å². The minimum Gasteiger partial charge on any atom is -0.494 e. The Balaban J connectivity index is 2.98. The Morgan fingerprint density at radius 3 is 2.85 bits per heavy atom. The van der Waals surface area contributed by atoms with Crippen molar-refractivity contribution in [1.82, 2.24) is 0 Å². The molecule has 1 rings (SSSR count). The first-order valence-corrected chi connectivity index (χ1v) is 4.07. The number of ether oxygens (including phenoxy) is 1. The summed E-state index contributed by atoms with van der Waals surface area (Å²) in [6.07, 6.45) is 0. The second-order valence-electron chi connectivity index (χ2n) is 2.51. The monoisotopic (exact) mass is 180 g/mol. The van der Waals surface area contributed by atoms with E-state index in [1.165, 1.54) is 7.11 Å². The first-order chi connectivity index (χ1) is 6.31. The van der Waals surface area contributed by atoms with Gasteiger partial charge in [0.1, 0.15) is 11.4 Å². The molecule has 0 saturated carbocycles. The van der Waals surface area contributed by atoms with Crippen molar-refractivity contribution in [3.05, 3.63) is 23.1 Å². The molecule has 1 aromatic rings. The maximum atomic E-state index is 10.3. The van der Waals surface area contributed by atoms with Crippen molar-refractivity contribution >= 4 is 11.4 Å². The van der Waals surface area contributed by atoms with Crippen molar-refractivity contribution < 1.29 is 4.74 Å². The van der Waals surface area contributed by atoms with E-state index in [0.717, 1.165) is 12.2 Å². The van der Waals surface area contributed by atoms with E-state index in [9.17, 15) is 4.91 Å². The maximum absolute atomic E-state index is 10.3. The molecule has 4 nitrogen and oxygen atoms in total. The first kappa shape index (κ1) is 9.51. The number of anilines is 1. The number of nitrogens with zero attached hydrogens (tertiary/aromatic N) is 1. The molecular weight excluding hydrogens is 168 g/mol. The van der Waals surface area contributed by atoms with Crippen LogP contribution in [0.1, 0.15) is 6.92 Å². The van der Waals surface area contributed by atoms with Crippen molar-refractivity contribution in [2.24, 2.45) is 5.18 Å². The normalized spacial score (nSPS) is 9.38. The number of hydrogen-bond acceptors (Lipinski definition) is 4. The van der Waals surface area contributed by atoms with E-state index in [1.54, 1.807) is 18.2 Å².